The summed E-state index contributed by atoms with van der Waals surface area (Å²) in [6.07, 6.45) is 5.48. The van der Waals surface area contributed by atoms with Gasteiger partial charge in [-0.25, -0.2) is 0 Å². The lowest BCUT2D eigenvalue weighted by molar-refractivity contribution is -0.130. The van der Waals surface area contributed by atoms with Crippen LogP contribution in [0.25, 0.3) is 0 Å². The molecular weight excluding hydrogens is 240 g/mol. The van der Waals surface area contributed by atoms with Crippen molar-refractivity contribution in [3.63, 3.8) is 0 Å². The first kappa shape index (κ1) is 14.8. The zero-order valence-corrected chi connectivity index (χ0v) is 12.4. The summed E-state index contributed by atoms with van der Waals surface area (Å²) >= 11 is 0. The lowest BCUT2D eigenvalue weighted by atomic mass is 10.1. The molecule has 110 valence electrons. The minimum Gasteiger partial charge on any atom is -0.380 e. The molecule has 0 aromatic rings. The molecule has 2 fully saturated rings. The molecule has 2 rings (SSSR count). The molecule has 1 heterocycles. The van der Waals surface area contributed by atoms with Gasteiger partial charge < -0.3 is 14.5 Å². The summed E-state index contributed by atoms with van der Waals surface area (Å²) in [5.74, 6) is 1.17. The molecule has 0 N–H and O–H groups in total. The molecule has 1 aliphatic heterocycles. The maximum absolute atomic E-state index is 12.1. The second-order valence-electron chi connectivity index (χ2n) is 5.94. The van der Waals surface area contributed by atoms with Crippen LogP contribution in [0.3, 0.4) is 0 Å². The number of likely N-dealkylation sites (N-methyl/N-ethyl adjacent to an activating group) is 1. The zero-order chi connectivity index (χ0) is 13.7. The second-order valence-corrected chi connectivity index (χ2v) is 5.94. The summed E-state index contributed by atoms with van der Waals surface area (Å²) in [6.45, 7) is 6.53. The van der Waals surface area contributed by atoms with Crippen LogP contribution in [0.1, 0.15) is 39.0 Å². The van der Waals surface area contributed by atoms with Gasteiger partial charge in [0.15, 0.2) is 0 Å². The van der Waals surface area contributed by atoms with Gasteiger partial charge in [-0.15, -0.1) is 0 Å². The molecule has 0 spiro atoms. The molecule has 1 saturated heterocycles. The molecule has 1 saturated carbocycles. The van der Waals surface area contributed by atoms with E-state index >= 15 is 0 Å². The number of ether oxygens (including phenoxy) is 1. The summed E-state index contributed by atoms with van der Waals surface area (Å²) in [5, 5.41) is 0. The van der Waals surface area contributed by atoms with E-state index in [9.17, 15) is 4.79 Å². The highest BCUT2D eigenvalue weighted by atomic mass is 16.5. The maximum Gasteiger partial charge on any atom is 0.222 e. The van der Waals surface area contributed by atoms with E-state index < -0.39 is 0 Å². The van der Waals surface area contributed by atoms with Gasteiger partial charge in [0.2, 0.25) is 5.91 Å². The lowest BCUT2D eigenvalue weighted by Gasteiger charge is -2.27. The minimum absolute atomic E-state index is 0.368. The highest BCUT2D eigenvalue weighted by molar-refractivity contribution is 5.76. The van der Waals surface area contributed by atoms with E-state index in [2.05, 4.69) is 16.8 Å². The Balaban J connectivity index is 1.75. The average molecular weight is 268 g/mol. The van der Waals surface area contributed by atoms with Crippen molar-refractivity contribution < 1.29 is 9.53 Å². The van der Waals surface area contributed by atoms with E-state index in [0.29, 0.717) is 11.9 Å². The van der Waals surface area contributed by atoms with E-state index in [1.54, 1.807) is 0 Å². The fourth-order valence-corrected chi connectivity index (χ4v) is 2.80. The Morgan fingerprint density at radius 1 is 1.32 bits per heavy atom. The van der Waals surface area contributed by atoms with Crippen LogP contribution >= 0.6 is 0 Å². The third-order valence-electron chi connectivity index (χ3n) is 4.37. The molecule has 4 heteroatoms. The van der Waals surface area contributed by atoms with Crippen LogP contribution in [0.5, 0.6) is 0 Å². The predicted octanol–water partition coefficient (Wildman–Crippen LogP) is 1.75. The molecule has 0 aromatic heterocycles. The summed E-state index contributed by atoms with van der Waals surface area (Å²) in [5.41, 5.74) is 0. The molecule has 1 amide bonds. The van der Waals surface area contributed by atoms with Crippen molar-refractivity contribution in [1.29, 1.82) is 0 Å². The van der Waals surface area contributed by atoms with Gasteiger partial charge in [-0.3, -0.25) is 4.79 Å². The van der Waals surface area contributed by atoms with Crippen LogP contribution in [0.4, 0.5) is 0 Å². The summed E-state index contributed by atoms with van der Waals surface area (Å²) < 4.78 is 5.41. The summed E-state index contributed by atoms with van der Waals surface area (Å²) in [4.78, 5) is 16.6. The molecule has 0 aromatic carbocycles. The first-order valence-corrected chi connectivity index (χ1v) is 7.76. The van der Waals surface area contributed by atoms with E-state index in [1.807, 2.05) is 6.92 Å². The van der Waals surface area contributed by atoms with Crippen molar-refractivity contribution in [2.45, 2.75) is 45.1 Å². The van der Waals surface area contributed by atoms with Gasteiger partial charge >= 0.3 is 0 Å². The zero-order valence-electron chi connectivity index (χ0n) is 12.4. The van der Waals surface area contributed by atoms with Crippen molar-refractivity contribution in [1.82, 2.24) is 9.80 Å². The van der Waals surface area contributed by atoms with Gasteiger partial charge in [0, 0.05) is 38.7 Å². The van der Waals surface area contributed by atoms with Crippen LogP contribution in [-0.2, 0) is 9.53 Å². The largest absolute Gasteiger partial charge is 0.380 e. The molecule has 4 nitrogen and oxygen atoms in total. The normalized spacial score (nSPS) is 24.9. The van der Waals surface area contributed by atoms with E-state index in [-0.39, 0.29) is 0 Å². The van der Waals surface area contributed by atoms with Crippen molar-refractivity contribution in [3.8, 4) is 0 Å². The molecule has 19 heavy (non-hydrogen) atoms. The Morgan fingerprint density at radius 2 is 2.11 bits per heavy atom. The number of likely N-dealkylation sites (tertiary alicyclic amines) is 1. The van der Waals surface area contributed by atoms with Crippen LogP contribution in [-0.4, -0.2) is 61.6 Å². The van der Waals surface area contributed by atoms with Gasteiger partial charge in [0.1, 0.15) is 0 Å². The first-order chi connectivity index (χ1) is 9.20. The average Bonchev–Trinajstić information content (AvgIpc) is 3.21. The summed E-state index contributed by atoms with van der Waals surface area (Å²) in [6, 6.07) is 0.536. The Hall–Kier alpha value is -0.610. The minimum atomic E-state index is 0.368. The lowest BCUT2D eigenvalue weighted by Crippen LogP contribution is -2.36. The fourth-order valence-electron chi connectivity index (χ4n) is 2.80. The molecule has 0 radical (unpaired) electrons. The van der Waals surface area contributed by atoms with E-state index in [0.717, 1.165) is 58.0 Å². The van der Waals surface area contributed by atoms with Crippen LogP contribution in [0, 0.1) is 5.92 Å². The molecule has 1 unspecified atom stereocenters. The van der Waals surface area contributed by atoms with Crippen molar-refractivity contribution in [2.24, 2.45) is 5.92 Å². The van der Waals surface area contributed by atoms with Crippen LogP contribution in [0.2, 0.25) is 0 Å². The number of carbonyl (C=O) groups excluding carboxylic acids is 1. The number of carbonyl (C=O) groups is 1. The predicted molar refractivity (Wildman–Crippen MR) is 76.1 cm³/mol. The fraction of sp³-hybridized carbons (Fsp3) is 0.933. The van der Waals surface area contributed by atoms with Crippen LogP contribution < -0.4 is 0 Å². The number of amides is 1. The highest BCUT2D eigenvalue weighted by Gasteiger charge is 2.29. The topological polar surface area (TPSA) is 32.8 Å². The van der Waals surface area contributed by atoms with Crippen molar-refractivity contribution in [2.75, 3.05) is 39.9 Å². The van der Waals surface area contributed by atoms with Gasteiger partial charge in [-0.2, -0.15) is 0 Å². The number of hydrogen-bond acceptors (Lipinski definition) is 3. The first-order valence-electron chi connectivity index (χ1n) is 7.76. The molecule has 2 aliphatic rings. The molecule has 1 aliphatic carbocycles. The highest BCUT2D eigenvalue weighted by Crippen LogP contribution is 2.30. The Bertz CT molecular complexity index is 292. The van der Waals surface area contributed by atoms with Gasteiger partial charge in [-0.1, -0.05) is 0 Å². The maximum atomic E-state index is 12.1. The van der Waals surface area contributed by atoms with Crippen molar-refractivity contribution in [3.05, 3.63) is 0 Å². The van der Waals surface area contributed by atoms with Gasteiger partial charge in [0.05, 0.1) is 6.61 Å². The Kier molecular flexibility index (Phi) is 5.64. The van der Waals surface area contributed by atoms with Gasteiger partial charge in [-0.05, 0) is 45.6 Å². The third kappa shape index (κ3) is 4.77. The monoisotopic (exact) mass is 268 g/mol. The van der Waals surface area contributed by atoms with E-state index in [1.165, 1.54) is 12.8 Å². The van der Waals surface area contributed by atoms with Crippen LogP contribution in [0.15, 0.2) is 0 Å². The standard InChI is InChI=1S/C15H28N2O2/c1-3-19-11-10-16(2)14-6-7-15(18)17(9-8-14)12-13-4-5-13/h13-14H,3-12H2,1-2H3. The number of rotatable bonds is 7. The van der Waals surface area contributed by atoms with Gasteiger partial charge in [0.25, 0.3) is 0 Å². The van der Waals surface area contributed by atoms with Crippen molar-refractivity contribution >= 4 is 5.91 Å². The third-order valence-corrected chi connectivity index (χ3v) is 4.37. The van der Waals surface area contributed by atoms with E-state index in [4.69, 9.17) is 4.74 Å². The Labute approximate surface area is 117 Å². The Morgan fingerprint density at radius 3 is 2.79 bits per heavy atom. The SMILES string of the molecule is CCOCCN(C)C1CCC(=O)N(CC2CC2)CC1. The molecule has 1 atom stereocenters. The number of hydrogen-bond donors (Lipinski definition) is 0. The second kappa shape index (κ2) is 7.25. The molecule has 0 bridgehead atoms. The quantitative estimate of drug-likeness (QED) is 0.659. The smallest absolute Gasteiger partial charge is 0.222 e. The summed E-state index contributed by atoms with van der Waals surface area (Å²) in [7, 11) is 2.16. The number of nitrogens with zero attached hydrogens (tertiary/aromatic N) is 2. The molecular formula is C15H28N2O2.